The maximum absolute atomic E-state index is 5.83. The van der Waals surface area contributed by atoms with Crippen molar-refractivity contribution in [3.63, 3.8) is 0 Å². The lowest BCUT2D eigenvalue weighted by molar-refractivity contribution is 0.0652. The molecule has 2 heterocycles. The molecule has 2 nitrogen and oxygen atoms in total. The predicted octanol–water partition coefficient (Wildman–Crippen LogP) is 4.30. The molecule has 4 rings (SSSR count). The van der Waals surface area contributed by atoms with Crippen molar-refractivity contribution in [1.29, 1.82) is 0 Å². The molecule has 2 aliphatic heterocycles. The van der Waals surface area contributed by atoms with Crippen molar-refractivity contribution in [2.75, 3.05) is 13.7 Å². The summed E-state index contributed by atoms with van der Waals surface area (Å²) < 4.78 is 6.69. The van der Waals surface area contributed by atoms with E-state index in [4.69, 9.17) is 4.74 Å². The summed E-state index contributed by atoms with van der Waals surface area (Å²) in [5, 5.41) is 0. The lowest BCUT2D eigenvalue weighted by Crippen LogP contribution is -2.29. The molecule has 2 aromatic rings. The van der Waals surface area contributed by atoms with Gasteiger partial charge >= 0.3 is 0 Å². The average molecular weight is 266 g/mol. The minimum atomic E-state index is -0.121. The maximum atomic E-state index is 5.83. The van der Waals surface area contributed by atoms with E-state index in [1.165, 1.54) is 33.6 Å². The van der Waals surface area contributed by atoms with Gasteiger partial charge < -0.3 is 4.74 Å². The first-order valence-electron chi connectivity index (χ1n) is 7.18. The summed E-state index contributed by atoms with van der Waals surface area (Å²) in [5.74, 6) is 0. The first-order valence-corrected chi connectivity index (χ1v) is 7.18. The summed E-state index contributed by atoms with van der Waals surface area (Å²) in [6.45, 7) is 7.56. The van der Waals surface area contributed by atoms with Crippen LogP contribution in [-0.2, 0) is 4.74 Å². The number of nitrogens with zero attached hydrogens (tertiary/aromatic N) is 1. The number of quaternary nitrogens is 1. The third kappa shape index (κ3) is 1.22. The van der Waals surface area contributed by atoms with Crippen molar-refractivity contribution in [1.82, 2.24) is 4.48 Å². The zero-order valence-corrected chi connectivity index (χ0v) is 12.5. The molecule has 1 saturated heterocycles. The molecule has 0 saturated carbocycles. The van der Waals surface area contributed by atoms with Gasteiger partial charge in [-0.05, 0) is 26.0 Å². The number of hydrogen-bond acceptors (Lipinski definition) is 1. The molecular formula is C18H20NO+. The molecule has 2 heteroatoms. The van der Waals surface area contributed by atoms with Gasteiger partial charge in [-0.1, -0.05) is 23.3 Å². The first-order chi connectivity index (χ1) is 9.52. The highest BCUT2D eigenvalue weighted by Gasteiger charge is 2.73. The van der Waals surface area contributed by atoms with E-state index in [9.17, 15) is 0 Å². The Kier molecular flexibility index (Phi) is 2.13. The van der Waals surface area contributed by atoms with Gasteiger partial charge in [0.2, 0.25) is 0 Å². The molecule has 0 N–H and O–H groups in total. The van der Waals surface area contributed by atoms with E-state index in [1.807, 2.05) is 7.11 Å². The van der Waals surface area contributed by atoms with Gasteiger partial charge in [-0.3, -0.25) is 0 Å². The van der Waals surface area contributed by atoms with Crippen molar-refractivity contribution in [2.45, 2.75) is 26.5 Å². The molecule has 2 aromatic carbocycles. The summed E-state index contributed by atoms with van der Waals surface area (Å²) in [7, 11) is 1.83. The fraction of sp³-hybridized carbons (Fsp3) is 0.333. The zero-order valence-electron chi connectivity index (χ0n) is 12.5. The average Bonchev–Trinajstić information content (AvgIpc) is 2.97. The van der Waals surface area contributed by atoms with Crippen LogP contribution in [0.5, 0.6) is 0 Å². The van der Waals surface area contributed by atoms with Gasteiger partial charge in [0.15, 0.2) is 6.54 Å². The highest BCUT2D eigenvalue weighted by molar-refractivity contribution is 5.97. The molecule has 1 fully saturated rings. The van der Waals surface area contributed by atoms with E-state index in [0.717, 1.165) is 11.0 Å². The highest BCUT2D eigenvalue weighted by Crippen LogP contribution is 2.65. The van der Waals surface area contributed by atoms with E-state index in [-0.39, 0.29) is 5.72 Å². The number of aryl methyl sites for hydroxylation is 2. The van der Waals surface area contributed by atoms with Gasteiger partial charge in [-0.25, -0.2) is 4.48 Å². The number of hydrogen-bond donors (Lipinski definition) is 0. The minimum Gasteiger partial charge on any atom is -0.325 e. The molecule has 1 unspecified atom stereocenters. The Hall–Kier alpha value is -1.64. The van der Waals surface area contributed by atoms with E-state index in [2.05, 4.69) is 57.2 Å². The number of fused-ring (bicyclic) bond motifs is 5. The van der Waals surface area contributed by atoms with Crippen LogP contribution in [0.4, 0.5) is 11.4 Å². The molecule has 0 amide bonds. The molecule has 0 bridgehead atoms. The van der Waals surface area contributed by atoms with Crippen molar-refractivity contribution in [3.8, 4) is 11.1 Å². The van der Waals surface area contributed by atoms with Gasteiger partial charge in [0.1, 0.15) is 11.4 Å². The lowest BCUT2D eigenvalue weighted by atomic mass is 10.0. The summed E-state index contributed by atoms with van der Waals surface area (Å²) in [6.07, 6.45) is 0. The number of benzene rings is 2. The standard InChI is InChI=1S/C18H20NO/c1-12-5-7-16-14(9-12)15-10-13(2)6-8-17(15)19(16)11-18(19,3)20-4/h5-10H,11H2,1-4H3/q+1. The Bertz CT molecular complexity index is 683. The molecule has 0 aromatic heterocycles. The van der Waals surface area contributed by atoms with Crippen molar-refractivity contribution >= 4 is 11.4 Å². The lowest BCUT2D eigenvalue weighted by Gasteiger charge is -2.19. The van der Waals surface area contributed by atoms with Gasteiger partial charge in [0, 0.05) is 37.3 Å². The quantitative estimate of drug-likeness (QED) is 0.552. The van der Waals surface area contributed by atoms with Crippen molar-refractivity contribution in [3.05, 3.63) is 47.5 Å². The fourth-order valence-electron chi connectivity index (χ4n) is 3.83. The third-order valence-electron chi connectivity index (χ3n) is 5.09. The van der Waals surface area contributed by atoms with Gasteiger partial charge in [0.05, 0.1) is 0 Å². The summed E-state index contributed by atoms with van der Waals surface area (Å²) in [5.41, 5.74) is 8.05. The second-order valence-corrected chi connectivity index (χ2v) is 6.39. The fourth-order valence-corrected chi connectivity index (χ4v) is 3.83. The van der Waals surface area contributed by atoms with Crippen LogP contribution in [0.3, 0.4) is 0 Å². The van der Waals surface area contributed by atoms with Crippen LogP contribution < -0.4 is 4.48 Å². The Morgan fingerprint density at radius 1 is 0.950 bits per heavy atom. The van der Waals surface area contributed by atoms with Crippen LogP contribution in [0, 0.1) is 13.8 Å². The van der Waals surface area contributed by atoms with Crippen LogP contribution in [0.25, 0.3) is 11.1 Å². The van der Waals surface area contributed by atoms with Crippen LogP contribution in [-0.4, -0.2) is 19.4 Å². The summed E-state index contributed by atoms with van der Waals surface area (Å²) >= 11 is 0. The largest absolute Gasteiger partial charge is 0.325 e. The predicted molar refractivity (Wildman–Crippen MR) is 83.1 cm³/mol. The smallest absolute Gasteiger partial charge is 0.261 e. The van der Waals surface area contributed by atoms with Gasteiger partial charge in [-0.2, -0.15) is 0 Å². The van der Waals surface area contributed by atoms with Gasteiger partial charge in [-0.15, -0.1) is 0 Å². The topological polar surface area (TPSA) is 9.23 Å². The van der Waals surface area contributed by atoms with Crippen LogP contribution in [0.1, 0.15) is 18.1 Å². The van der Waals surface area contributed by atoms with Crippen molar-refractivity contribution in [2.24, 2.45) is 0 Å². The monoisotopic (exact) mass is 266 g/mol. The third-order valence-corrected chi connectivity index (χ3v) is 5.09. The second kappa shape index (κ2) is 3.51. The molecule has 1 spiro atoms. The Balaban J connectivity index is 2.06. The zero-order chi connectivity index (χ0) is 14.1. The van der Waals surface area contributed by atoms with Crippen LogP contribution in [0.15, 0.2) is 36.4 Å². The van der Waals surface area contributed by atoms with E-state index >= 15 is 0 Å². The normalized spacial score (nSPS) is 24.6. The van der Waals surface area contributed by atoms with Crippen molar-refractivity contribution < 1.29 is 4.74 Å². The summed E-state index contributed by atoms with van der Waals surface area (Å²) in [6, 6.07) is 13.6. The number of ether oxygens (including phenoxy) is 1. The number of rotatable bonds is 1. The summed E-state index contributed by atoms with van der Waals surface area (Å²) in [4.78, 5) is 0. The maximum Gasteiger partial charge on any atom is 0.261 e. The van der Waals surface area contributed by atoms with E-state index < -0.39 is 0 Å². The van der Waals surface area contributed by atoms with E-state index in [0.29, 0.717) is 0 Å². The van der Waals surface area contributed by atoms with Crippen LogP contribution in [0.2, 0.25) is 0 Å². The van der Waals surface area contributed by atoms with Gasteiger partial charge in [0.25, 0.3) is 5.72 Å². The van der Waals surface area contributed by atoms with E-state index in [1.54, 1.807) is 0 Å². The Morgan fingerprint density at radius 2 is 1.45 bits per heavy atom. The molecule has 0 aliphatic carbocycles. The Morgan fingerprint density at radius 3 is 1.85 bits per heavy atom. The first kappa shape index (κ1) is 12.1. The Labute approximate surface area is 120 Å². The minimum absolute atomic E-state index is 0.121. The molecular weight excluding hydrogens is 246 g/mol. The second-order valence-electron chi connectivity index (χ2n) is 6.39. The molecule has 102 valence electrons. The highest BCUT2D eigenvalue weighted by atomic mass is 16.5. The number of methoxy groups -OCH3 is 1. The SMILES string of the molecule is COC1(C)C[N+]12c1ccc(C)cc1-c1cc(C)ccc12. The molecule has 1 atom stereocenters. The molecule has 2 aliphatic rings. The van der Waals surface area contributed by atoms with Crippen LogP contribution >= 0.6 is 0 Å². The molecule has 20 heavy (non-hydrogen) atoms. The molecule has 0 radical (unpaired) electrons.